The molecule has 1 aromatic carbocycles. The zero-order valence-electron chi connectivity index (χ0n) is 12.5. The van der Waals surface area contributed by atoms with Gasteiger partial charge in [0.05, 0.1) is 12.0 Å². The van der Waals surface area contributed by atoms with Crippen LogP contribution in [0.1, 0.15) is 16.7 Å². The number of nitrogens with zero attached hydrogens (tertiary/aromatic N) is 1. The van der Waals surface area contributed by atoms with Crippen LogP contribution in [0.3, 0.4) is 0 Å². The Morgan fingerprint density at radius 1 is 1.39 bits per heavy atom. The predicted molar refractivity (Wildman–Crippen MR) is 85.6 cm³/mol. The number of benzene rings is 1. The van der Waals surface area contributed by atoms with Crippen molar-refractivity contribution in [1.29, 1.82) is 0 Å². The lowest BCUT2D eigenvalue weighted by atomic mass is 10.2. The third-order valence-corrected chi connectivity index (χ3v) is 4.52. The number of hydrazine groups is 1. The Labute approximate surface area is 137 Å². The summed E-state index contributed by atoms with van der Waals surface area (Å²) in [6, 6.07) is 11.0. The van der Waals surface area contributed by atoms with Crippen LogP contribution in [0.4, 0.5) is 0 Å². The number of carbonyl (C=O) groups excluding carboxylic acids is 2. The van der Waals surface area contributed by atoms with Crippen LogP contribution in [0.5, 0.6) is 5.75 Å². The van der Waals surface area contributed by atoms with Crippen molar-refractivity contribution >= 4 is 23.6 Å². The molecule has 1 aromatic heterocycles. The number of nitrogens with one attached hydrogen (secondary N) is 1. The maximum absolute atomic E-state index is 12.1. The van der Waals surface area contributed by atoms with Crippen molar-refractivity contribution in [2.75, 3.05) is 12.4 Å². The standard InChI is InChI=1S/C16H16N2O4S/c1-11-5-2-3-6-12(11)22-9-14(19)17-18-15(20)10-23-16(18)13-7-4-8-21-13/h2-8,16H,9-10H2,1H3,(H,17,19). The number of aryl methyl sites for hydroxylation is 1. The summed E-state index contributed by atoms with van der Waals surface area (Å²) in [5.41, 5.74) is 3.54. The van der Waals surface area contributed by atoms with E-state index in [0.29, 0.717) is 17.3 Å². The first kappa shape index (κ1) is 15.5. The maximum Gasteiger partial charge on any atom is 0.276 e. The zero-order chi connectivity index (χ0) is 16.2. The zero-order valence-corrected chi connectivity index (χ0v) is 13.3. The normalized spacial score (nSPS) is 17.3. The van der Waals surface area contributed by atoms with E-state index in [1.807, 2.05) is 25.1 Å². The molecule has 1 fully saturated rings. The first-order valence-electron chi connectivity index (χ1n) is 7.10. The van der Waals surface area contributed by atoms with Crippen LogP contribution in [-0.4, -0.2) is 29.2 Å². The molecule has 2 heterocycles. The fourth-order valence-corrected chi connectivity index (χ4v) is 3.27. The Bertz CT molecular complexity index is 702. The summed E-state index contributed by atoms with van der Waals surface area (Å²) in [7, 11) is 0. The highest BCUT2D eigenvalue weighted by Gasteiger charge is 2.36. The van der Waals surface area contributed by atoms with E-state index >= 15 is 0 Å². The summed E-state index contributed by atoms with van der Waals surface area (Å²) in [5.74, 6) is 1.01. The molecule has 1 unspecified atom stereocenters. The van der Waals surface area contributed by atoms with Gasteiger partial charge in [-0.15, -0.1) is 11.8 Å². The van der Waals surface area contributed by atoms with Crippen molar-refractivity contribution in [1.82, 2.24) is 10.4 Å². The average Bonchev–Trinajstić information content (AvgIpc) is 3.17. The largest absolute Gasteiger partial charge is 0.483 e. The number of ether oxygens (including phenoxy) is 1. The molecule has 120 valence electrons. The highest BCUT2D eigenvalue weighted by atomic mass is 32.2. The van der Waals surface area contributed by atoms with Crippen LogP contribution in [0.2, 0.25) is 0 Å². The van der Waals surface area contributed by atoms with Gasteiger partial charge in [0.2, 0.25) is 0 Å². The van der Waals surface area contributed by atoms with Crippen LogP contribution < -0.4 is 10.2 Å². The smallest absolute Gasteiger partial charge is 0.276 e. The van der Waals surface area contributed by atoms with E-state index in [4.69, 9.17) is 9.15 Å². The van der Waals surface area contributed by atoms with Gasteiger partial charge in [-0.2, -0.15) is 0 Å². The van der Waals surface area contributed by atoms with Gasteiger partial charge in [-0.05, 0) is 30.7 Å². The Morgan fingerprint density at radius 2 is 2.22 bits per heavy atom. The molecular formula is C16H16N2O4S. The number of thioether (sulfide) groups is 1. The van der Waals surface area contributed by atoms with Crippen molar-refractivity contribution in [2.24, 2.45) is 0 Å². The van der Waals surface area contributed by atoms with Gasteiger partial charge in [0.15, 0.2) is 12.0 Å². The fraction of sp³-hybridized carbons (Fsp3) is 0.250. The van der Waals surface area contributed by atoms with Crippen molar-refractivity contribution in [3.63, 3.8) is 0 Å². The van der Waals surface area contributed by atoms with Crippen LogP contribution >= 0.6 is 11.8 Å². The molecule has 1 aliphatic heterocycles. The summed E-state index contributed by atoms with van der Waals surface area (Å²) < 4.78 is 10.8. The predicted octanol–water partition coefficient (Wildman–Crippen LogP) is 2.27. The van der Waals surface area contributed by atoms with E-state index < -0.39 is 0 Å². The summed E-state index contributed by atoms with van der Waals surface area (Å²) in [5, 5.41) is 0.951. The van der Waals surface area contributed by atoms with Crippen molar-refractivity contribution in [3.8, 4) is 5.75 Å². The molecule has 6 nitrogen and oxygen atoms in total. The van der Waals surface area contributed by atoms with Crippen molar-refractivity contribution < 1.29 is 18.7 Å². The van der Waals surface area contributed by atoms with Gasteiger partial charge in [0, 0.05) is 0 Å². The minimum absolute atomic E-state index is 0.163. The molecule has 1 aliphatic rings. The summed E-state index contributed by atoms with van der Waals surface area (Å²) in [6.07, 6.45) is 1.54. The second kappa shape index (κ2) is 6.78. The quantitative estimate of drug-likeness (QED) is 0.909. The second-order valence-electron chi connectivity index (χ2n) is 5.03. The Hall–Kier alpha value is -2.41. The number of para-hydroxylation sites is 1. The first-order chi connectivity index (χ1) is 11.1. The highest BCUT2D eigenvalue weighted by molar-refractivity contribution is 8.00. The van der Waals surface area contributed by atoms with Crippen molar-refractivity contribution in [3.05, 3.63) is 54.0 Å². The van der Waals surface area contributed by atoms with Gasteiger partial charge < -0.3 is 9.15 Å². The van der Waals surface area contributed by atoms with E-state index in [1.54, 1.807) is 24.5 Å². The number of rotatable bonds is 5. The topological polar surface area (TPSA) is 71.8 Å². The number of hydrogen-bond acceptors (Lipinski definition) is 5. The van der Waals surface area contributed by atoms with E-state index in [2.05, 4.69) is 5.43 Å². The molecule has 1 saturated heterocycles. The summed E-state index contributed by atoms with van der Waals surface area (Å²) in [4.78, 5) is 24.0. The monoisotopic (exact) mass is 332 g/mol. The lowest BCUT2D eigenvalue weighted by Crippen LogP contribution is -2.46. The molecule has 7 heteroatoms. The third kappa shape index (κ3) is 3.50. The SMILES string of the molecule is Cc1ccccc1OCC(=O)NN1C(=O)CSC1c1ccco1. The summed E-state index contributed by atoms with van der Waals surface area (Å²) in [6.45, 7) is 1.74. The number of carbonyl (C=O) groups is 2. The molecule has 2 aromatic rings. The van der Waals surface area contributed by atoms with Gasteiger partial charge in [-0.1, -0.05) is 18.2 Å². The van der Waals surface area contributed by atoms with Gasteiger partial charge in [0.1, 0.15) is 11.5 Å². The van der Waals surface area contributed by atoms with Gasteiger partial charge in [-0.25, -0.2) is 5.01 Å². The molecule has 0 saturated carbocycles. The molecular weight excluding hydrogens is 316 g/mol. The highest BCUT2D eigenvalue weighted by Crippen LogP contribution is 2.37. The Morgan fingerprint density at radius 3 is 2.96 bits per heavy atom. The van der Waals surface area contributed by atoms with Crippen molar-refractivity contribution in [2.45, 2.75) is 12.3 Å². The lowest BCUT2D eigenvalue weighted by Gasteiger charge is -2.22. The number of furan rings is 1. The van der Waals surface area contributed by atoms with E-state index in [0.717, 1.165) is 5.56 Å². The molecule has 2 amide bonds. The number of hydrogen-bond donors (Lipinski definition) is 1. The number of amides is 2. The molecule has 0 spiro atoms. The lowest BCUT2D eigenvalue weighted by molar-refractivity contribution is -0.140. The molecule has 0 radical (unpaired) electrons. The summed E-state index contributed by atoms with van der Waals surface area (Å²) >= 11 is 1.40. The van der Waals surface area contributed by atoms with Crippen LogP contribution in [0, 0.1) is 6.92 Å². The second-order valence-corrected chi connectivity index (χ2v) is 6.10. The Balaban J connectivity index is 1.60. The third-order valence-electron chi connectivity index (χ3n) is 3.35. The fourth-order valence-electron chi connectivity index (χ4n) is 2.22. The van der Waals surface area contributed by atoms with E-state index in [1.165, 1.54) is 16.8 Å². The minimum atomic E-state index is -0.388. The van der Waals surface area contributed by atoms with Gasteiger partial charge in [0.25, 0.3) is 11.8 Å². The van der Waals surface area contributed by atoms with E-state index in [-0.39, 0.29) is 23.8 Å². The molecule has 3 rings (SSSR count). The molecule has 1 atom stereocenters. The maximum atomic E-state index is 12.1. The van der Waals surface area contributed by atoms with Gasteiger partial charge in [-0.3, -0.25) is 15.0 Å². The molecule has 0 bridgehead atoms. The molecule has 23 heavy (non-hydrogen) atoms. The van der Waals surface area contributed by atoms with Gasteiger partial charge >= 0.3 is 0 Å². The Kier molecular flexibility index (Phi) is 4.57. The van der Waals surface area contributed by atoms with Crippen LogP contribution in [0.25, 0.3) is 0 Å². The van der Waals surface area contributed by atoms with Crippen LogP contribution in [-0.2, 0) is 9.59 Å². The van der Waals surface area contributed by atoms with E-state index in [9.17, 15) is 9.59 Å². The minimum Gasteiger partial charge on any atom is -0.483 e. The first-order valence-corrected chi connectivity index (χ1v) is 8.15. The molecule has 1 N–H and O–H groups in total. The molecule has 0 aliphatic carbocycles. The van der Waals surface area contributed by atoms with Crippen LogP contribution in [0.15, 0.2) is 47.1 Å². The average molecular weight is 332 g/mol.